The van der Waals surface area contributed by atoms with Gasteiger partial charge in [-0.3, -0.25) is 4.99 Å². The average molecular weight is 216 g/mol. The monoisotopic (exact) mass is 216 g/mol. The second-order valence-electron chi connectivity index (χ2n) is 3.92. The van der Waals surface area contributed by atoms with Crippen LogP contribution >= 0.6 is 11.8 Å². The zero-order valence-electron chi connectivity index (χ0n) is 8.34. The SMILES string of the molecule is C1=NC=NC2CSc3ccccc3CC12. The van der Waals surface area contributed by atoms with Crippen LogP contribution in [0.2, 0.25) is 0 Å². The van der Waals surface area contributed by atoms with E-state index >= 15 is 0 Å². The molecule has 0 radical (unpaired) electrons. The van der Waals surface area contributed by atoms with Crippen LogP contribution in [0.4, 0.5) is 0 Å². The molecule has 0 N–H and O–H groups in total. The van der Waals surface area contributed by atoms with Crippen molar-refractivity contribution < 1.29 is 0 Å². The van der Waals surface area contributed by atoms with E-state index in [9.17, 15) is 0 Å². The normalized spacial score (nSPS) is 28.0. The van der Waals surface area contributed by atoms with E-state index in [0.717, 1.165) is 12.2 Å². The van der Waals surface area contributed by atoms with E-state index in [1.165, 1.54) is 10.5 Å². The lowest BCUT2D eigenvalue weighted by Gasteiger charge is -2.18. The molecular weight excluding hydrogens is 204 g/mol. The van der Waals surface area contributed by atoms with Crippen molar-refractivity contribution in [2.24, 2.45) is 15.9 Å². The lowest BCUT2D eigenvalue weighted by atomic mass is 9.94. The van der Waals surface area contributed by atoms with Crippen LogP contribution < -0.4 is 0 Å². The Morgan fingerprint density at radius 2 is 2.20 bits per heavy atom. The first-order chi connectivity index (χ1) is 7.43. The zero-order valence-corrected chi connectivity index (χ0v) is 9.15. The molecule has 76 valence electrons. The smallest absolute Gasteiger partial charge is 0.109 e. The van der Waals surface area contributed by atoms with Gasteiger partial charge in [0.25, 0.3) is 0 Å². The summed E-state index contributed by atoms with van der Waals surface area (Å²) in [5.74, 6) is 1.57. The molecular formula is C12H12N2S. The van der Waals surface area contributed by atoms with Gasteiger partial charge in [0.05, 0.1) is 6.04 Å². The molecule has 3 heteroatoms. The highest BCUT2D eigenvalue weighted by atomic mass is 32.2. The van der Waals surface area contributed by atoms with Gasteiger partial charge in [-0.2, -0.15) is 0 Å². The van der Waals surface area contributed by atoms with Crippen molar-refractivity contribution in [3.63, 3.8) is 0 Å². The molecule has 2 unspecified atom stereocenters. The molecule has 2 atom stereocenters. The van der Waals surface area contributed by atoms with E-state index in [-0.39, 0.29) is 0 Å². The number of fused-ring (bicyclic) bond motifs is 2. The number of hydrogen-bond donors (Lipinski definition) is 0. The molecule has 2 heterocycles. The van der Waals surface area contributed by atoms with Crippen molar-refractivity contribution >= 4 is 24.3 Å². The van der Waals surface area contributed by atoms with Crippen LogP contribution in [0.5, 0.6) is 0 Å². The van der Waals surface area contributed by atoms with Crippen LogP contribution in [-0.4, -0.2) is 24.3 Å². The molecule has 0 saturated carbocycles. The molecule has 0 fully saturated rings. The van der Waals surface area contributed by atoms with Gasteiger partial charge in [0, 0.05) is 22.8 Å². The summed E-state index contributed by atoms with van der Waals surface area (Å²) in [5.41, 5.74) is 1.44. The van der Waals surface area contributed by atoms with Gasteiger partial charge in [-0.05, 0) is 18.1 Å². The van der Waals surface area contributed by atoms with E-state index in [2.05, 4.69) is 40.5 Å². The minimum Gasteiger partial charge on any atom is -0.269 e. The summed E-state index contributed by atoms with van der Waals surface area (Å²) in [6.45, 7) is 0. The third-order valence-corrected chi connectivity index (χ3v) is 4.15. The van der Waals surface area contributed by atoms with E-state index in [1.807, 2.05) is 11.8 Å². The molecule has 1 aromatic carbocycles. The Balaban J connectivity index is 1.96. The number of hydrogen-bond acceptors (Lipinski definition) is 3. The number of benzene rings is 1. The molecule has 0 saturated heterocycles. The van der Waals surface area contributed by atoms with Crippen LogP contribution in [0, 0.1) is 5.92 Å². The summed E-state index contributed by atoms with van der Waals surface area (Å²) in [5, 5.41) is 0. The Morgan fingerprint density at radius 3 is 3.20 bits per heavy atom. The fourth-order valence-electron chi connectivity index (χ4n) is 2.08. The summed E-state index contributed by atoms with van der Waals surface area (Å²) in [7, 11) is 0. The maximum absolute atomic E-state index is 4.45. The topological polar surface area (TPSA) is 24.7 Å². The molecule has 2 nitrogen and oxygen atoms in total. The van der Waals surface area contributed by atoms with E-state index < -0.39 is 0 Å². The molecule has 1 aromatic rings. The lowest BCUT2D eigenvalue weighted by Crippen LogP contribution is -2.25. The summed E-state index contributed by atoms with van der Waals surface area (Å²) in [6, 6.07) is 9.07. The third kappa shape index (κ3) is 1.72. The Labute approximate surface area is 93.5 Å². The molecule has 0 bridgehead atoms. The molecule has 3 rings (SSSR count). The summed E-state index contributed by atoms with van der Waals surface area (Å²) >= 11 is 1.92. The van der Waals surface area contributed by atoms with Gasteiger partial charge in [-0.15, -0.1) is 11.8 Å². The summed E-state index contributed by atoms with van der Waals surface area (Å²) in [6.07, 6.45) is 4.83. The predicted molar refractivity (Wildman–Crippen MR) is 65.1 cm³/mol. The first-order valence-electron chi connectivity index (χ1n) is 5.19. The molecule has 2 aliphatic rings. The van der Waals surface area contributed by atoms with Gasteiger partial charge in [0.2, 0.25) is 0 Å². The zero-order chi connectivity index (χ0) is 10.1. The van der Waals surface area contributed by atoms with Gasteiger partial charge in [0.1, 0.15) is 6.34 Å². The Hall–Kier alpha value is -1.09. The molecule has 0 spiro atoms. The van der Waals surface area contributed by atoms with Crippen LogP contribution in [0.1, 0.15) is 5.56 Å². The quantitative estimate of drug-likeness (QED) is 0.653. The van der Waals surface area contributed by atoms with Gasteiger partial charge in [-0.1, -0.05) is 18.2 Å². The molecule has 0 aliphatic carbocycles. The molecule has 2 aliphatic heterocycles. The second-order valence-corrected chi connectivity index (χ2v) is 4.98. The maximum atomic E-state index is 4.45. The van der Waals surface area contributed by atoms with Gasteiger partial charge >= 0.3 is 0 Å². The van der Waals surface area contributed by atoms with Crippen LogP contribution in [0.25, 0.3) is 0 Å². The van der Waals surface area contributed by atoms with Crippen molar-refractivity contribution in [2.45, 2.75) is 17.4 Å². The van der Waals surface area contributed by atoms with Gasteiger partial charge in [-0.25, -0.2) is 4.99 Å². The Bertz CT molecular complexity index is 425. The van der Waals surface area contributed by atoms with Crippen molar-refractivity contribution in [1.29, 1.82) is 0 Å². The van der Waals surface area contributed by atoms with Gasteiger partial charge in [0.15, 0.2) is 0 Å². The molecule has 15 heavy (non-hydrogen) atoms. The second kappa shape index (κ2) is 3.81. The van der Waals surface area contributed by atoms with E-state index in [1.54, 1.807) is 6.34 Å². The molecule has 0 amide bonds. The minimum absolute atomic E-state index is 0.417. The Morgan fingerprint density at radius 1 is 1.27 bits per heavy atom. The largest absolute Gasteiger partial charge is 0.269 e. The highest BCUT2D eigenvalue weighted by Gasteiger charge is 2.25. The van der Waals surface area contributed by atoms with Crippen LogP contribution in [0.3, 0.4) is 0 Å². The van der Waals surface area contributed by atoms with Crippen molar-refractivity contribution in [3.8, 4) is 0 Å². The van der Waals surface area contributed by atoms with Crippen molar-refractivity contribution in [3.05, 3.63) is 29.8 Å². The van der Waals surface area contributed by atoms with Crippen molar-refractivity contribution in [1.82, 2.24) is 0 Å². The van der Waals surface area contributed by atoms with E-state index in [4.69, 9.17) is 0 Å². The molecule has 0 aromatic heterocycles. The first kappa shape index (κ1) is 9.16. The number of nitrogens with zero attached hydrogens (tertiary/aromatic N) is 2. The van der Waals surface area contributed by atoms with Crippen molar-refractivity contribution in [2.75, 3.05) is 5.75 Å². The standard InChI is InChI=1S/C12H12N2S/c1-2-4-12-9(3-1)5-10-6-13-8-14-11(10)7-15-12/h1-4,6,8,10-11H,5,7H2. The number of rotatable bonds is 0. The van der Waals surface area contributed by atoms with Crippen LogP contribution in [-0.2, 0) is 6.42 Å². The van der Waals surface area contributed by atoms with Crippen LogP contribution in [0.15, 0.2) is 39.1 Å². The summed E-state index contributed by atoms with van der Waals surface area (Å²) < 4.78 is 0. The maximum Gasteiger partial charge on any atom is 0.109 e. The van der Waals surface area contributed by atoms with Gasteiger partial charge < -0.3 is 0 Å². The fourth-order valence-corrected chi connectivity index (χ4v) is 3.28. The minimum atomic E-state index is 0.417. The fraction of sp³-hybridized carbons (Fsp3) is 0.333. The highest BCUT2D eigenvalue weighted by molar-refractivity contribution is 7.99. The first-order valence-corrected chi connectivity index (χ1v) is 6.18. The third-order valence-electron chi connectivity index (χ3n) is 2.93. The lowest BCUT2D eigenvalue weighted by molar-refractivity contribution is 0.580. The predicted octanol–water partition coefficient (Wildman–Crippen LogP) is 2.43. The Kier molecular flexibility index (Phi) is 2.33. The summed E-state index contributed by atoms with van der Waals surface area (Å²) in [4.78, 5) is 10.0. The number of thioether (sulfide) groups is 1. The highest BCUT2D eigenvalue weighted by Crippen LogP contribution is 2.32. The average Bonchev–Trinajstić information content (AvgIpc) is 2.48. The number of aliphatic imine (C=N–C) groups is 2. The van der Waals surface area contributed by atoms with E-state index in [0.29, 0.717) is 12.0 Å².